The van der Waals surface area contributed by atoms with Crippen LogP contribution in [0.3, 0.4) is 0 Å². The summed E-state index contributed by atoms with van der Waals surface area (Å²) in [6.07, 6.45) is 4.61. The van der Waals surface area contributed by atoms with Gasteiger partial charge in [0.1, 0.15) is 12.1 Å². The fourth-order valence-electron chi connectivity index (χ4n) is 4.72. The largest absolute Gasteiger partial charge is 0.396 e. The van der Waals surface area contributed by atoms with Gasteiger partial charge in [-0.1, -0.05) is 68.5 Å². The highest BCUT2D eigenvalue weighted by Crippen LogP contribution is 2.21. The molecule has 0 aliphatic rings. The van der Waals surface area contributed by atoms with Crippen molar-refractivity contribution in [3.8, 4) is 0 Å². The Balaban J connectivity index is 1.94. The Morgan fingerprint density at radius 3 is 2.27 bits per heavy atom. The minimum absolute atomic E-state index is 0.0859. The summed E-state index contributed by atoms with van der Waals surface area (Å²) in [5.74, 6) is -0.909. The smallest absolute Gasteiger partial charge is 0.246 e. The molecule has 0 spiro atoms. The number of aliphatic hydroxyl groups excluding tert-OH is 1. The van der Waals surface area contributed by atoms with E-state index in [4.69, 9.17) is 0 Å². The van der Waals surface area contributed by atoms with Gasteiger partial charge in [0.15, 0.2) is 0 Å². The molecule has 238 valence electrons. The van der Waals surface area contributed by atoms with Crippen LogP contribution >= 0.6 is 11.3 Å². The van der Waals surface area contributed by atoms with E-state index >= 15 is 0 Å². The molecule has 3 amide bonds. The summed E-state index contributed by atoms with van der Waals surface area (Å²) in [7, 11) is 5.16. The first-order valence-corrected chi connectivity index (χ1v) is 15.9. The van der Waals surface area contributed by atoms with Crippen LogP contribution in [0.1, 0.15) is 44.6 Å². The van der Waals surface area contributed by atoms with Crippen molar-refractivity contribution in [2.24, 2.45) is 5.41 Å². The highest BCUT2D eigenvalue weighted by atomic mass is 32.1. The average Bonchev–Trinajstić information content (AvgIpc) is 3.53. The third-order valence-corrected chi connectivity index (χ3v) is 9.07. The van der Waals surface area contributed by atoms with Crippen LogP contribution in [-0.4, -0.2) is 84.5 Å². The molecule has 3 N–H and O–H groups in total. The van der Waals surface area contributed by atoms with Crippen LogP contribution in [0.4, 0.5) is 0 Å². The highest BCUT2D eigenvalue weighted by Gasteiger charge is 2.35. The van der Waals surface area contributed by atoms with Gasteiger partial charge in [0.05, 0.1) is 0 Å². The normalized spacial score (nSPS) is 13.5. The summed E-state index contributed by atoms with van der Waals surface area (Å²) in [6, 6.07) is 16.3. The van der Waals surface area contributed by atoms with Crippen molar-refractivity contribution < 1.29 is 19.5 Å². The topological polar surface area (TPSA) is 102 Å². The zero-order chi connectivity index (χ0) is 32.5. The molecule has 0 saturated carbocycles. The van der Waals surface area contributed by atoms with Gasteiger partial charge in [-0.05, 0) is 61.2 Å². The maximum absolute atomic E-state index is 14.3. The summed E-state index contributed by atoms with van der Waals surface area (Å²) in [4.78, 5) is 45.3. The molecule has 1 heterocycles. The number of nitrogens with one attached hydrogen (secondary N) is 2. The van der Waals surface area contributed by atoms with Crippen LogP contribution in [0.25, 0.3) is 10.8 Å². The molecule has 3 rings (SSSR count). The molecule has 9 heteroatoms. The summed E-state index contributed by atoms with van der Waals surface area (Å²) in [6.45, 7) is 8.00. The van der Waals surface area contributed by atoms with Crippen molar-refractivity contribution in [3.63, 3.8) is 0 Å². The lowest BCUT2D eigenvalue weighted by Gasteiger charge is -2.34. The van der Waals surface area contributed by atoms with Crippen LogP contribution in [0.2, 0.25) is 0 Å². The number of hydrogen-bond acceptors (Lipinski definition) is 6. The van der Waals surface area contributed by atoms with Crippen molar-refractivity contribution in [2.75, 3.05) is 34.3 Å². The van der Waals surface area contributed by atoms with E-state index in [1.165, 1.54) is 27.2 Å². The Labute approximate surface area is 266 Å². The lowest BCUT2D eigenvalue weighted by atomic mass is 9.94. The van der Waals surface area contributed by atoms with Gasteiger partial charge in [-0.2, -0.15) is 0 Å². The molecular formula is C35H48N4O4S. The predicted molar refractivity (Wildman–Crippen MR) is 180 cm³/mol. The second kappa shape index (κ2) is 15.5. The van der Waals surface area contributed by atoms with Gasteiger partial charge in [0, 0.05) is 55.9 Å². The molecule has 8 nitrogen and oxygen atoms in total. The molecule has 0 bridgehead atoms. The molecular weight excluding hydrogens is 572 g/mol. The summed E-state index contributed by atoms with van der Waals surface area (Å²) in [5.41, 5.74) is 0.230. The van der Waals surface area contributed by atoms with E-state index in [2.05, 4.69) is 10.6 Å². The Morgan fingerprint density at radius 2 is 1.64 bits per heavy atom. The number of hydrogen-bond donors (Lipinski definition) is 3. The van der Waals surface area contributed by atoms with Gasteiger partial charge in [-0.15, -0.1) is 11.3 Å². The molecule has 0 unspecified atom stereocenters. The number of rotatable bonds is 15. The third kappa shape index (κ3) is 9.74. The Kier molecular flexibility index (Phi) is 12.3. The standard InChI is InChI=1S/C35H48N4O4S/c1-34(2,24-40)23-37-32(42)29(22-28-14-11-19-44-28)39(7)33(43)30(38(6)31(41)15-10-18-35(3,4)36-5)21-25-16-17-26-12-8-9-13-27(26)20-25/h8-17,19-20,29-30,36,40H,18,21-24H2,1-7H3,(H,37,42)/t29-,30-/m1/s1. The number of likely N-dealkylation sites (N-methyl/N-ethyl adjacent to an activating group) is 2. The van der Waals surface area contributed by atoms with Crippen molar-refractivity contribution in [3.05, 3.63) is 82.6 Å². The number of benzene rings is 2. The summed E-state index contributed by atoms with van der Waals surface area (Å²) in [5, 5.41) is 20.0. The van der Waals surface area contributed by atoms with Crippen molar-refractivity contribution >= 4 is 39.8 Å². The van der Waals surface area contributed by atoms with Gasteiger partial charge in [-0.3, -0.25) is 14.4 Å². The van der Waals surface area contributed by atoms with Gasteiger partial charge in [0.2, 0.25) is 17.7 Å². The molecule has 2 atom stereocenters. The van der Waals surface area contributed by atoms with E-state index in [9.17, 15) is 19.5 Å². The first kappa shape index (κ1) is 35.0. The van der Waals surface area contributed by atoms with E-state index in [1.54, 1.807) is 14.1 Å². The van der Waals surface area contributed by atoms with Crippen LogP contribution in [0.15, 0.2) is 72.1 Å². The molecule has 0 aliphatic carbocycles. The van der Waals surface area contributed by atoms with Crippen LogP contribution < -0.4 is 10.6 Å². The molecule has 0 fully saturated rings. The first-order valence-electron chi connectivity index (χ1n) is 15.0. The van der Waals surface area contributed by atoms with E-state index in [1.807, 2.05) is 101 Å². The van der Waals surface area contributed by atoms with Gasteiger partial charge >= 0.3 is 0 Å². The first-order chi connectivity index (χ1) is 20.8. The zero-order valence-electron chi connectivity index (χ0n) is 27.1. The van der Waals surface area contributed by atoms with Crippen molar-refractivity contribution in [2.45, 2.75) is 64.6 Å². The van der Waals surface area contributed by atoms with Crippen LogP contribution in [0.5, 0.6) is 0 Å². The minimum Gasteiger partial charge on any atom is -0.396 e. The predicted octanol–water partition coefficient (Wildman–Crippen LogP) is 4.42. The van der Waals surface area contributed by atoms with Crippen LogP contribution in [0, 0.1) is 5.41 Å². The molecule has 3 aromatic rings. The third-order valence-electron chi connectivity index (χ3n) is 8.17. The molecule has 44 heavy (non-hydrogen) atoms. The van der Waals surface area contributed by atoms with Gasteiger partial charge in [0.25, 0.3) is 0 Å². The minimum atomic E-state index is -0.844. The average molecular weight is 621 g/mol. The lowest BCUT2D eigenvalue weighted by Crippen LogP contribution is -2.56. The zero-order valence-corrected chi connectivity index (χ0v) is 27.9. The van der Waals surface area contributed by atoms with Gasteiger partial charge in [-0.25, -0.2) is 0 Å². The number of aliphatic hydroxyl groups is 1. The quantitative estimate of drug-likeness (QED) is 0.219. The van der Waals surface area contributed by atoms with Gasteiger partial charge < -0.3 is 25.5 Å². The number of carbonyl (C=O) groups excluding carboxylic acids is 3. The van der Waals surface area contributed by atoms with E-state index in [0.717, 1.165) is 21.2 Å². The molecule has 0 saturated heterocycles. The monoisotopic (exact) mass is 620 g/mol. The SMILES string of the molecule is CNC(C)(C)CC=CC(=O)N(C)[C@H](Cc1ccc2ccccc2c1)C(=O)N(C)[C@H](Cc1cccs1)C(=O)NCC(C)(C)CO. The number of fused-ring (bicyclic) bond motifs is 1. The summed E-state index contributed by atoms with van der Waals surface area (Å²) < 4.78 is 0. The van der Waals surface area contributed by atoms with Crippen molar-refractivity contribution in [1.82, 2.24) is 20.4 Å². The molecule has 0 radical (unpaired) electrons. The molecule has 0 aliphatic heterocycles. The fraction of sp³-hybridized carbons (Fsp3) is 0.457. The van der Waals surface area contributed by atoms with E-state index < -0.39 is 17.5 Å². The molecule has 1 aromatic heterocycles. The highest BCUT2D eigenvalue weighted by molar-refractivity contribution is 7.09. The Hall–Kier alpha value is -3.53. The van der Waals surface area contributed by atoms with E-state index in [0.29, 0.717) is 12.8 Å². The fourth-order valence-corrected chi connectivity index (χ4v) is 5.46. The Morgan fingerprint density at radius 1 is 0.932 bits per heavy atom. The number of carbonyl (C=O) groups is 3. The maximum atomic E-state index is 14.3. The molecule has 2 aromatic carbocycles. The van der Waals surface area contributed by atoms with Crippen LogP contribution in [-0.2, 0) is 27.2 Å². The second-order valence-corrected chi connectivity index (χ2v) is 13.9. The lowest BCUT2D eigenvalue weighted by molar-refractivity contribution is -0.146. The number of amides is 3. The Bertz CT molecular complexity index is 1430. The number of thiophene rings is 1. The number of nitrogens with zero attached hydrogens (tertiary/aromatic N) is 2. The van der Waals surface area contributed by atoms with E-state index in [-0.39, 0.29) is 42.8 Å². The maximum Gasteiger partial charge on any atom is 0.246 e. The summed E-state index contributed by atoms with van der Waals surface area (Å²) >= 11 is 1.53. The van der Waals surface area contributed by atoms with Crippen molar-refractivity contribution in [1.29, 1.82) is 0 Å². The second-order valence-electron chi connectivity index (χ2n) is 12.9.